The molecule has 0 radical (unpaired) electrons. The van der Waals surface area contributed by atoms with Crippen LogP contribution in [0.3, 0.4) is 0 Å². The van der Waals surface area contributed by atoms with Crippen LogP contribution in [0.15, 0.2) is 18.6 Å². The van der Waals surface area contributed by atoms with Gasteiger partial charge in [0.25, 0.3) is 0 Å². The molecule has 0 aliphatic heterocycles. The van der Waals surface area contributed by atoms with Crippen LogP contribution in [0.4, 0.5) is 5.82 Å². The van der Waals surface area contributed by atoms with Gasteiger partial charge in [-0.1, -0.05) is 11.6 Å². The molecule has 15 heavy (non-hydrogen) atoms. The molecule has 0 aliphatic rings. The van der Waals surface area contributed by atoms with Crippen LogP contribution in [-0.4, -0.2) is 19.9 Å². The molecule has 2 heterocycles. The number of hydrogen-bond acceptors (Lipinski definition) is 4. The van der Waals surface area contributed by atoms with E-state index in [2.05, 4.69) is 25.3 Å². The third kappa shape index (κ3) is 2.66. The number of rotatable bonds is 3. The summed E-state index contributed by atoms with van der Waals surface area (Å²) in [4.78, 5) is 15.2. The zero-order valence-corrected chi connectivity index (χ0v) is 8.91. The molecule has 0 saturated heterocycles. The van der Waals surface area contributed by atoms with E-state index in [0.29, 0.717) is 17.5 Å². The first-order valence-corrected chi connectivity index (χ1v) is 4.84. The zero-order valence-electron chi connectivity index (χ0n) is 8.16. The minimum absolute atomic E-state index is 0.384. The van der Waals surface area contributed by atoms with E-state index in [9.17, 15) is 0 Å². The summed E-state index contributed by atoms with van der Waals surface area (Å²) in [5.74, 6) is 1.54. The Hall–Kier alpha value is -1.62. The van der Waals surface area contributed by atoms with Gasteiger partial charge >= 0.3 is 0 Å². The van der Waals surface area contributed by atoms with Gasteiger partial charge in [0, 0.05) is 11.9 Å². The second-order valence-electron chi connectivity index (χ2n) is 3.09. The van der Waals surface area contributed by atoms with Crippen LogP contribution < -0.4 is 5.32 Å². The Labute approximate surface area is 91.9 Å². The van der Waals surface area contributed by atoms with Crippen molar-refractivity contribution < 1.29 is 0 Å². The molecule has 2 aromatic rings. The fraction of sp³-hybridized carbons (Fsp3) is 0.222. The molecule has 0 spiro atoms. The fourth-order valence-electron chi connectivity index (χ4n) is 1.13. The molecule has 2 rings (SSSR count). The van der Waals surface area contributed by atoms with Crippen molar-refractivity contribution >= 4 is 17.4 Å². The second kappa shape index (κ2) is 4.27. The number of hydrogen-bond donors (Lipinski definition) is 2. The molecule has 2 aromatic heterocycles. The lowest BCUT2D eigenvalue weighted by molar-refractivity contribution is 0.976. The Kier molecular flexibility index (Phi) is 2.82. The Morgan fingerprint density at radius 3 is 2.73 bits per heavy atom. The maximum Gasteiger partial charge on any atom is 0.147 e. The molecule has 0 fully saturated rings. The molecule has 2 N–H and O–H groups in total. The summed E-state index contributed by atoms with van der Waals surface area (Å²) < 4.78 is 0. The van der Waals surface area contributed by atoms with Crippen molar-refractivity contribution in [2.75, 3.05) is 5.32 Å². The van der Waals surface area contributed by atoms with Crippen LogP contribution in [0.1, 0.15) is 11.5 Å². The Morgan fingerprint density at radius 2 is 2.13 bits per heavy atom. The van der Waals surface area contributed by atoms with Crippen molar-refractivity contribution in [1.29, 1.82) is 0 Å². The topological polar surface area (TPSA) is 66.5 Å². The van der Waals surface area contributed by atoms with E-state index in [4.69, 9.17) is 11.6 Å². The highest BCUT2D eigenvalue weighted by Gasteiger charge is 1.98. The van der Waals surface area contributed by atoms with E-state index in [1.54, 1.807) is 12.4 Å². The summed E-state index contributed by atoms with van der Waals surface area (Å²) in [5.41, 5.74) is 1.04. The van der Waals surface area contributed by atoms with Gasteiger partial charge in [-0.15, -0.1) is 0 Å². The number of H-pyrrole nitrogens is 1. The number of imidazole rings is 1. The summed E-state index contributed by atoms with van der Waals surface area (Å²) in [6, 6.07) is 0. The third-order valence-corrected chi connectivity index (χ3v) is 2.01. The van der Waals surface area contributed by atoms with E-state index in [1.165, 1.54) is 6.20 Å². The van der Waals surface area contributed by atoms with Crippen LogP contribution in [0.2, 0.25) is 5.15 Å². The van der Waals surface area contributed by atoms with Crippen LogP contribution >= 0.6 is 11.6 Å². The smallest absolute Gasteiger partial charge is 0.147 e. The minimum atomic E-state index is 0.384. The number of anilines is 1. The first-order valence-electron chi connectivity index (χ1n) is 4.46. The Morgan fingerprint density at radius 1 is 1.27 bits per heavy atom. The summed E-state index contributed by atoms with van der Waals surface area (Å²) in [5, 5.41) is 3.46. The van der Waals surface area contributed by atoms with Crippen molar-refractivity contribution in [3.63, 3.8) is 0 Å². The van der Waals surface area contributed by atoms with Crippen molar-refractivity contribution in [1.82, 2.24) is 19.9 Å². The Balaban J connectivity index is 1.96. The lowest BCUT2D eigenvalue weighted by Crippen LogP contribution is -2.03. The number of aryl methyl sites for hydroxylation is 1. The molecular weight excluding hydrogens is 214 g/mol. The fourth-order valence-corrected chi connectivity index (χ4v) is 1.23. The molecule has 78 valence electrons. The molecule has 5 nitrogen and oxygen atoms in total. The van der Waals surface area contributed by atoms with E-state index in [-0.39, 0.29) is 0 Å². The minimum Gasteiger partial charge on any atom is -0.362 e. The molecule has 0 amide bonds. The molecule has 0 aromatic carbocycles. The van der Waals surface area contributed by atoms with Crippen molar-refractivity contribution in [2.45, 2.75) is 13.5 Å². The number of nitrogens with zero attached hydrogens (tertiary/aromatic N) is 3. The monoisotopic (exact) mass is 223 g/mol. The SMILES string of the molecule is Cc1cnc(CNc2cnc(Cl)cn2)[nH]1. The van der Waals surface area contributed by atoms with E-state index in [1.807, 2.05) is 6.92 Å². The van der Waals surface area contributed by atoms with Gasteiger partial charge in [-0.25, -0.2) is 15.0 Å². The van der Waals surface area contributed by atoms with Gasteiger partial charge in [-0.05, 0) is 6.92 Å². The number of aromatic amines is 1. The molecule has 0 unspecified atom stereocenters. The number of nitrogens with one attached hydrogen (secondary N) is 2. The molecule has 0 saturated carbocycles. The molecule has 0 aliphatic carbocycles. The normalized spacial score (nSPS) is 10.3. The van der Waals surface area contributed by atoms with Crippen molar-refractivity contribution in [2.24, 2.45) is 0 Å². The highest BCUT2D eigenvalue weighted by molar-refractivity contribution is 6.29. The molecule has 0 bridgehead atoms. The van der Waals surface area contributed by atoms with E-state index in [0.717, 1.165) is 11.5 Å². The average Bonchev–Trinajstić information content (AvgIpc) is 2.64. The summed E-state index contributed by atoms with van der Waals surface area (Å²) >= 11 is 5.61. The van der Waals surface area contributed by atoms with Crippen molar-refractivity contribution in [3.8, 4) is 0 Å². The predicted octanol–water partition coefficient (Wildman–Crippen LogP) is 1.77. The van der Waals surface area contributed by atoms with Gasteiger partial charge in [0.1, 0.15) is 16.8 Å². The maximum absolute atomic E-state index is 5.61. The summed E-state index contributed by atoms with van der Waals surface area (Å²) in [6.07, 6.45) is 4.86. The van der Waals surface area contributed by atoms with Gasteiger partial charge in [-0.3, -0.25) is 0 Å². The third-order valence-electron chi connectivity index (χ3n) is 1.81. The van der Waals surface area contributed by atoms with Gasteiger partial charge in [0.05, 0.1) is 18.9 Å². The van der Waals surface area contributed by atoms with Crippen LogP contribution in [0, 0.1) is 6.92 Å². The standard InChI is InChI=1S/C9H10ClN5/c1-6-2-12-9(15-6)5-14-8-4-11-7(10)3-13-8/h2-4H,5H2,1H3,(H,12,15)(H,13,14). The molecule has 0 atom stereocenters. The van der Waals surface area contributed by atoms with Crippen molar-refractivity contribution in [3.05, 3.63) is 35.3 Å². The summed E-state index contributed by atoms with van der Waals surface area (Å²) in [6.45, 7) is 2.54. The number of halogens is 1. The quantitative estimate of drug-likeness (QED) is 0.833. The molecular formula is C9H10ClN5. The van der Waals surface area contributed by atoms with E-state index >= 15 is 0 Å². The second-order valence-corrected chi connectivity index (χ2v) is 3.48. The first-order chi connectivity index (χ1) is 7.24. The highest BCUT2D eigenvalue weighted by Crippen LogP contribution is 2.06. The molecule has 6 heteroatoms. The van der Waals surface area contributed by atoms with Gasteiger partial charge < -0.3 is 10.3 Å². The predicted molar refractivity (Wildman–Crippen MR) is 57.7 cm³/mol. The van der Waals surface area contributed by atoms with Crippen LogP contribution in [-0.2, 0) is 6.54 Å². The lowest BCUT2D eigenvalue weighted by atomic mass is 10.5. The van der Waals surface area contributed by atoms with Gasteiger partial charge in [0.2, 0.25) is 0 Å². The zero-order chi connectivity index (χ0) is 10.7. The average molecular weight is 224 g/mol. The summed E-state index contributed by atoms with van der Waals surface area (Å²) in [7, 11) is 0. The highest BCUT2D eigenvalue weighted by atomic mass is 35.5. The maximum atomic E-state index is 5.61. The van der Waals surface area contributed by atoms with Crippen LogP contribution in [0.25, 0.3) is 0 Å². The lowest BCUT2D eigenvalue weighted by Gasteiger charge is -2.01. The number of aromatic nitrogens is 4. The largest absolute Gasteiger partial charge is 0.362 e. The van der Waals surface area contributed by atoms with Crippen LogP contribution in [0.5, 0.6) is 0 Å². The Bertz CT molecular complexity index is 436. The van der Waals surface area contributed by atoms with Gasteiger partial charge in [0.15, 0.2) is 0 Å². The first kappa shape index (κ1) is 9.92. The van der Waals surface area contributed by atoms with Gasteiger partial charge in [-0.2, -0.15) is 0 Å². The van der Waals surface area contributed by atoms with E-state index < -0.39 is 0 Å².